The van der Waals surface area contributed by atoms with E-state index in [9.17, 15) is 0 Å². The van der Waals surface area contributed by atoms with Gasteiger partial charge in [0, 0.05) is 11.4 Å². The second-order valence-electron chi connectivity index (χ2n) is 4.67. The minimum atomic E-state index is 0.684. The Morgan fingerprint density at radius 2 is 1.10 bits per heavy atom. The third-order valence-corrected chi connectivity index (χ3v) is 3.30. The highest BCUT2D eigenvalue weighted by Gasteiger charge is 2.01. The van der Waals surface area contributed by atoms with Gasteiger partial charge in [-0.25, -0.2) is 0 Å². The lowest BCUT2D eigenvalue weighted by atomic mass is 10.1. The standard InChI is InChI=1S/C19H22N2/c1-3-18(16-11-7-5-8-12-16)20-15-21-19(4-2)17-13-9-6-10-14-17/h3-14,20-21H,15H2,1-2H3/b18-3+,19-4+. The van der Waals surface area contributed by atoms with Gasteiger partial charge in [0.1, 0.15) is 0 Å². The molecular weight excluding hydrogens is 256 g/mol. The summed E-state index contributed by atoms with van der Waals surface area (Å²) in [4.78, 5) is 0. The molecule has 2 aromatic carbocycles. The molecular formula is C19H22N2. The number of allylic oxidation sites excluding steroid dienone is 2. The van der Waals surface area contributed by atoms with Crippen molar-refractivity contribution < 1.29 is 0 Å². The lowest BCUT2D eigenvalue weighted by Gasteiger charge is -2.15. The van der Waals surface area contributed by atoms with Crippen LogP contribution in [0.1, 0.15) is 25.0 Å². The molecule has 0 amide bonds. The molecule has 21 heavy (non-hydrogen) atoms. The highest BCUT2D eigenvalue weighted by molar-refractivity contribution is 5.65. The van der Waals surface area contributed by atoms with E-state index in [-0.39, 0.29) is 0 Å². The van der Waals surface area contributed by atoms with E-state index in [4.69, 9.17) is 0 Å². The van der Waals surface area contributed by atoms with Crippen LogP contribution in [0.2, 0.25) is 0 Å². The van der Waals surface area contributed by atoms with E-state index in [0.717, 1.165) is 11.4 Å². The van der Waals surface area contributed by atoms with Gasteiger partial charge in [0.15, 0.2) is 0 Å². The molecule has 0 aromatic heterocycles. The molecule has 0 aliphatic rings. The van der Waals surface area contributed by atoms with Crippen LogP contribution in [0.3, 0.4) is 0 Å². The summed E-state index contributed by atoms with van der Waals surface area (Å²) in [6.45, 7) is 4.77. The Bertz CT molecular complexity index is 542. The van der Waals surface area contributed by atoms with Crippen LogP contribution in [0.15, 0.2) is 72.8 Å². The normalized spacial score (nSPS) is 12.1. The fraction of sp³-hybridized carbons (Fsp3) is 0.158. The van der Waals surface area contributed by atoms with E-state index in [1.807, 2.05) is 26.0 Å². The molecule has 2 rings (SSSR count). The zero-order valence-corrected chi connectivity index (χ0v) is 12.6. The van der Waals surface area contributed by atoms with Crippen molar-refractivity contribution >= 4 is 11.4 Å². The molecule has 0 bridgehead atoms. The largest absolute Gasteiger partial charge is 0.368 e. The Balaban J connectivity index is 1.94. The van der Waals surface area contributed by atoms with Crippen molar-refractivity contribution in [1.29, 1.82) is 0 Å². The molecule has 0 saturated carbocycles. The highest BCUT2D eigenvalue weighted by atomic mass is 15.1. The number of nitrogens with one attached hydrogen (secondary N) is 2. The predicted molar refractivity (Wildman–Crippen MR) is 91.3 cm³/mol. The van der Waals surface area contributed by atoms with Crippen LogP contribution in [-0.2, 0) is 0 Å². The quantitative estimate of drug-likeness (QED) is 0.772. The number of benzene rings is 2. The smallest absolute Gasteiger partial charge is 0.0849 e. The molecule has 0 aliphatic carbocycles. The Morgan fingerprint density at radius 1 is 0.714 bits per heavy atom. The zero-order chi connectivity index (χ0) is 14.9. The van der Waals surface area contributed by atoms with Crippen molar-refractivity contribution in [2.75, 3.05) is 6.67 Å². The molecule has 0 aliphatic heterocycles. The van der Waals surface area contributed by atoms with E-state index >= 15 is 0 Å². The van der Waals surface area contributed by atoms with Crippen LogP contribution in [0.25, 0.3) is 11.4 Å². The van der Waals surface area contributed by atoms with Crippen molar-refractivity contribution in [3.05, 3.63) is 83.9 Å². The van der Waals surface area contributed by atoms with E-state index in [0.29, 0.717) is 6.67 Å². The van der Waals surface area contributed by atoms with Crippen LogP contribution >= 0.6 is 0 Å². The fourth-order valence-electron chi connectivity index (χ4n) is 2.21. The van der Waals surface area contributed by atoms with Crippen molar-refractivity contribution in [2.24, 2.45) is 0 Å². The van der Waals surface area contributed by atoms with Gasteiger partial charge in [-0.15, -0.1) is 0 Å². The Hall–Kier alpha value is -2.48. The maximum absolute atomic E-state index is 3.43. The molecule has 0 heterocycles. The predicted octanol–water partition coefficient (Wildman–Crippen LogP) is 4.25. The number of rotatable bonds is 6. The first-order valence-electron chi connectivity index (χ1n) is 7.26. The minimum Gasteiger partial charge on any atom is -0.368 e. The summed E-state index contributed by atoms with van der Waals surface area (Å²) in [5, 5.41) is 6.86. The molecule has 2 heteroatoms. The Labute approximate surface area is 127 Å². The number of hydrogen-bond acceptors (Lipinski definition) is 2. The van der Waals surface area contributed by atoms with Crippen LogP contribution in [0.4, 0.5) is 0 Å². The summed E-state index contributed by atoms with van der Waals surface area (Å²) in [6.07, 6.45) is 4.18. The molecule has 0 spiro atoms. The van der Waals surface area contributed by atoms with Crippen LogP contribution < -0.4 is 10.6 Å². The molecule has 2 aromatic rings. The Morgan fingerprint density at radius 3 is 1.43 bits per heavy atom. The average molecular weight is 278 g/mol. The van der Waals surface area contributed by atoms with Crippen molar-refractivity contribution in [3.8, 4) is 0 Å². The molecule has 2 N–H and O–H groups in total. The van der Waals surface area contributed by atoms with Crippen LogP contribution in [0, 0.1) is 0 Å². The minimum absolute atomic E-state index is 0.684. The van der Waals surface area contributed by atoms with Gasteiger partial charge >= 0.3 is 0 Å². The first-order chi connectivity index (χ1) is 10.3. The van der Waals surface area contributed by atoms with Crippen molar-refractivity contribution in [3.63, 3.8) is 0 Å². The van der Waals surface area contributed by atoms with Crippen molar-refractivity contribution in [1.82, 2.24) is 10.6 Å². The molecule has 0 fully saturated rings. The maximum Gasteiger partial charge on any atom is 0.0849 e. The fourth-order valence-corrected chi connectivity index (χ4v) is 2.21. The van der Waals surface area contributed by atoms with Crippen LogP contribution in [-0.4, -0.2) is 6.67 Å². The molecule has 0 unspecified atom stereocenters. The van der Waals surface area contributed by atoms with E-state index in [2.05, 4.69) is 71.3 Å². The van der Waals surface area contributed by atoms with E-state index in [1.165, 1.54) is 11.1 Å². The average Bonchev–Trinajstić information content (AvgIpc) is 2.57. The molecule has 108 valence electrons. The summed E-state index contributed by atoms with van der Waals surface area (Å²) in [5.41, 5.74) is 4.66. The lowest BCUT2D eigenvalue weighted by Crippen LogP contribution is -2.26. The molecule has 0 radical (unpaired) electrons. The zero-order valence-electron chi connectivity index (χ0n) is 12.6. The maximum atomic E-state index is 3.43. The first kappa shape index (κ1) is 14.9. The molecule has 0 saturated heterocycles. The van der Waals surface area contributed by atoms with E-state index in [1.54, 1.807) is 0 Å². The summed E-state index contributed by atoms with van der Waals surface area (Å²) < 4.78 is 0. The monoisotopic (exact) mass is 278 g/mol. The van der Waals surface area contributed by atoms with E-state index < -0.39 is 0 Å². The third-order valence-electron chi connectivity index (χ3n) is 3.30. The van der Waals surface area contributed by atoms with Gasteiger partial charge in [-0.1, -0.05) is 72.8 Å². The van der Waals surface area contributed by atoms with Gasteiger partial charge < -0.3 is 10.6 Å². The first-order valence-corrected chi connectivity index (χ1v) is 7.26. The summed E-state index contributed by atoms with van der Waals surface area (Å²) >= 11 is 0. The molecule has 0 atom stereocenters. The van der Waals surface area contributed by atoms with Gasteiger partial charge in [-0.05, 0) is 25.0 Å². The number of hydrogen-bond donors (Lipinski definition) is 2. The topological polar surface area (TPSA) is 24.1 Å². The lowest BCUT2D eigenvalue weighted by molar-refractivity contribution is 0.796. The van der Waals surface area contributed by atoms with Gasteiger partial charge in [0.25, 0.3) is 0 Å². The summed E-state index contributed by atoms with van der Waals surface area (Å²) in [6, 6.07) is 20.7. The Kier molecular flexibility index (Phi) is 5.65. The highest BCUT2D eigenvalue weighted by Crippen LogP contribution is 2.12. The summed E-state index contributed by atoms with van der Waals surface area (Å²) in [7, 11) is 0. The van der Waals surface area contributed by atoms with Gasteiger partial charge in [-0.2, -0.15) is 0 Å². The van der Waals surface area contributed by atoms with Gasteiger partial charge in [0.2, 0.25) is 0 Å². The van der Waals surface area contributed by atoms with Gasteiger partial charge in [0.05, 0.1) is 6.67 Å². The summed E-state index contributed by atoms with van der Waals surface area (Å²) in [5.74, 6) is 0. The van der Waals surface area contributed by atoms with Crippen molar-refractivity contribution in [2.45, 2.75) is 13.8 Å². The SMILES string of the molecule is C/C=C(/NCN/C(=C/C)c1ccccc1)c1ccccc1. The second kappa shape index (κ2) is 7.95. The molecule has 2 nitrogen and oxygen atoms in total. The van der Waals surface area contributed by atoms with Gasteiger partial charge in [-0.3, -0.25) is 0 Å². The second-order valence-corrected chi connectivity index (χ2v) is 4.67. The third kappa shape index (κ3) is 4.25. The van der Waals surface area contributed by atoms with Crippen LogP contribution in [0.5, 0.6) is 0 Å².